The fourth-order valence-electron chi connectivity index (χ4n) is 1.31. The largest absolute Gasteiger partial charge is 0.387 e. The molecule has 0 amide bonds. The van der Waals surface area contributed by atoms with Crippen molar-refractivity contribution in [3.05, 3.63) is 29.3 Å². The molecule has 0 aliphatic heterocycles. The predicted octanol–water partition coefficient (Wildman–Crippen LogP) is 1.15. The van der Waals surface area contributed by atoms with Crippen molar-refractivity contribution < 1.29 is 8.42 Å². The first-order valence-electron chi connectivity index (χ1n) is 5.65. The maximum absolute atomic E-state index is 12.0. The second-order valence-electron chi connectivity index (χ2n) is 4.45. The molecule has 0 saturated heterocycles. The number of benzene rings is 1. The highest BCUT2D eigenvalue weighted by Gasteiger charge is 2.16. The Bertz CT molecular complexity index is 552. The monoisotopic (exact) mass is 269 g/mol. The average Bonchev–Trinajstić information content (AvgIpc) is 2.29. The molecular weight excluding hydrogens is 250 g/mol. The van der Waals surface area contributed by atoms with Gasteiger partial charge in [0, 0.05) is 12.5 Å². The summed E-state index contributed by atoms with van der Waals surface area (Å²) in [7, 11) is -3.53. The first-order valence-corrected chi connectivity index (χ1v) is 7.13. The van der Waals surface area contributed by atoms with E-state index in [2.05, 4.69) is 4.72 Å². The Hall–Kier alpha value is -1.40. The molecule has 18 heavy (non-hydrogen) atoms. The van der Waals surface area contributed by atoms with Crippen molar-refractivity contribution >= 4 is 15.9 Å². The van der Waals surface area contributed by atoms with Gasteiger partial charge in [-0.25, -0.2) is 13.1 Å². The number of rotatable bonds is 5. The Morgan fingerprint density at radius 1 is 1.39 bits per heavy atom. The van der Waals surface area contributed by atoms with E-state index >= 15 is 0 Å². The number of amidine groups is 1. The Labute approximate surface area is 108 Å². The molecule has 0 bridgehead atoms. The van der Waals surface area contributed by atoms with Crippen molar-refractivity contribution in [2.45, 2.75) is 25.7 Å². The zero-order chi connectivity index (χ0) is 13.9. The van der Waals surface area contributed by atoms with Crippen LogP contribution < -0.4 is 10.5 Å². The molecule has 0 spiro atoms. The van der Waals surface area contributed by atoms with Gasteiger partial charge in [-0.3, -0.25) is 5.41 Å². The van der Waals surface area contributed by atoms with E-state index in [-0.39, 0.29) is 23.2 Å². The first-order chi connectivity index (χ1) is 8.24. The van der Waals surface area contributed by atoms with Gasteiger partial charge in [0.15, 0.2) is 0 Å². The van der Waals surface area contributed by atoms with E-state index in [1.54, 1.807) is 25.1 Å². The van der Waals surface area contributed by atoms with Gasteiger partial charge in [-0.05, 0) is 37.1 Å². The van der Waals surface area contributed by atoms with Gasteiger partial charge >= 0.3 is 0 Å². The molecule has 1 rings (SSSR count). The van der Waals surface area contributed by atoms with Crippen molar-refractivity contribution in [2.24, 2.45) is 11.7 Å². The normalized spacial score (nSPS) is 13.3. The third-order valence-electron chi connectivity index (χ3n) is 2.90. The smallest absolute Gasteiger partial charge is 0.240 e. The third kappa shape index (κ3) is 3.54. The van der Waals surface area contributed by atoms with E-state index in [1.165, 1.54) is 0 Å². The highest BCUT2D eigenvalue weighted by molar-refractivity contribution is 7.89. The van der Waals surface area contributed by atoms with Crippen molar-refractivity contribution in [1.82, 2.24) is 4.72 Å². The summed E-state index contributed by atoms with van der Waals surface area (Å²) >= 11 is 0. The molecule has 0 radical (unpaired) electrons. The van der Waals surface area contributed by atoms with Crippen LogP contribution in [0.1, 0.15) is 18.1 Å². The van der Waals surface area contributed by atoms with Crippen LogP contribution >= 0.6 is 0 Å². The van der Waals surface area contributed by atoms with Crippen LogP contribution in [0.4, 0.5) is 0 Å². The van der Waals surface area contributed by atoms with Gasteiger partial charge in [0.25, 0.3) is 0 Å². The van der Waals surface area contributed by atoms with Crippen molar-refractivity contribution in [3.63, 3.8) is 0 Å². The van der Waals surface area contributed by atoms with Crippen LogP contribution in [0.2, 0.25) is 0 Å². The molecule has 6 heteroatoms. The summed E-state index contributed by atoms with van der Waals surface area (Å²) in [5.41, 5.74) is 7.27. The minimum Gasteiger partial charge on any atom is -0.387 e. The number of hydrogen-bond donors (Lipinski definition) is 3. The zero-order valence-electron chi connectivity index (χ0n) is 10.8. The standard InChI is InChI=1S/C12H19N3O2S/c1-8-4-5-11(6-9(8)2)18(16,17)15-7-10(3)12(13)14/h4-6,10,15H,7H2,1-3H3,(H3,13,14). The van der Waals surface area contributed by atoms with Gasteiger partial charge in [-0.15, -0.1) is 0 Å². The third-order valence-corrected chi connectivity index (χ3v) is 4.32. The van der Waals surface area contributed by atoms with E-state index in [0.717, 1.165) is 11.1 Å². The molecule has 0 saturated carbocycles. The SMILES string of the molecule is Cc1ccc(S(=O)(=O)NCC(C)C(=N)N)cc1C. The number of hydrogen-bond acceptors (Lipinski definition) is 3. The molecule has 0 aliphatic carbocycles. The summed E-state index contributed by atoms with van der Waals surface area (Å²) in [4.78, 5) is 0.237. The Balaban J connectivity index is 2.87. The predicted molar refractivity (Wildman–Crippen MR) is 72.2 cm³/mol. The van der Waals surface area contributed by atoms with Gasteiger partial charge in [-0.1, -0.05) is 13.0 Å². The highest BCUT2D eigenvalue weighted by Crippen LogP contribution is 2.14. The summed E-state index contributed by atoms with van der Waals surface area (Å²) in [5.74, 6) is -0.343. The van der Waals surface area contributed by atoms with Gasteiger partial charge < -0.3 is 5.73 Å². The lowest BCUT2D eigenvalue weighted by Crippen LogP contribution is -2.34. The van der Waals surface area contributed by atoms with Crippen LogP contribution in [0.3, 0.4) is 0 Å². The fourth-order valence-corrected chi connectivity index (χ4v) is 2.52. The molecule has 4 N–H and O–H groups in total. The van der Waals surface area contributed by atoms with E-state index in [9.17, 15) is 8.42 Å². The lowest BCUT2D eigenvalue weighted by Gasteiger charge is -2.12. The van der Waals surface area contributed by atoms with Crippen LogP contribution in [0.25, 0.3) is 0 Å². The van der Waals surface area contributed by atoms with Gasteiger partial charge in [-0.2, -0.15) is 0 Å². The number of aryl methyl sites for hydroxylation is 2. The summed E-state index contributed by atoms with van der Waals surface area (Å²) in [6.07, 6.45) is 0. The maximum atomic E-state index is 12.0. The van der Waals surface area contributed by atoms with E-state index in [0.29, 0.717) is 0 Å². The molecule has 5 nitrogen and oxygen atoms in total. The summed E-state index contributed by atoms with van der Waals surface area (Å²) < 4.78 is 26.5. The van der Waals surface area contributed by atoms with Gasteiger partial charge in [0.1, 0.15) is 0 Å². The molecule has 0 aromatic heterocycles. The molecule has 0 heterocycles. The lowest BCUT2D eigenvalue weighted by atomic mass is 10.1. The number of nitrogens with two attached hydrogens (primary N) is 1. The lowest BCUT2D eigenvalue weighted by molar-refractivity contribution is 0.574. The second kappa shape index (κ2) is 5.49. The zero-order valence-corrected chi connectivity index (χ0v) is 11.6. The van der Waals surface area contributed by atoms with Gasteiger partial charge in [0.2, 0.25) is 10.0 Å². The highest BCUT2D eigenvalue weighted by atomic mass is 32.2. The Morgan fingerprint density at radius 3 is 2.50 bits per heavy atom. The Morgan fingerprint density at radius 2 is 2.00 bits per heavy atom. The van der Waals surface area contributed by atoms with Crippen LogP contribution in [0.5, 0.6) is 0 Å². The molecule has 1 aromatic carbocycles. The minimum absolute atomic E-state index is 0.0298. The molecular formula is C12H19N3O2S. The second-order valence-corrected chi connectivity index (χ2v) is 6.22. The summed E-state index contributed by atoms with van der Waals surface area (Å²) in [5, 5.41) is 7.22. The van der Waals surface area contributed by atoms with Crippen molar-refractivity contribution in [3.8, 4) is 0 Å². The van der Waals surface area contributed by atoms with Gasteiger partial charge in [0.05, 0.1) is 10.7 Å². The van der Waals surface area contributed by atoms with Crippen LogP contribution in [0.15, 0.2) is 23.1 Å². The molecule has 1 unspecified atom stereocenters. The van der Waals surface area contributed by atoms with Crippen molar-refractivity contribution in [2.75, 3.05) is 6.54 Å². The molecule has 0 fully saturated rings. The molecule has 100 valence electrons. The summed E-state index contributed by atoms with van der Waals surface area (Å²) in [6.45, 7) is 5.62. The fraction of sp³-hybridized carbons (Fsp3) is 0.417. The van der Waals surface area contributed by atoms with E-state index < -0.39 is 10.0 Å². The molecule has 0 aliphatic rings. The Kier molecular flexibility index (Phi) is 4.48. The quantitative estimate of drug-likeness (QED) is 0.552. The van der Waals surface area contributed by atoms with E-state index in [1.807, 2.05) is 13.8 Å². The van der Waals surface area contributed by atoms with Crippen LogP contribution in [-0.2, 0) is 10.0 Å². The minimum atomic E-state index is -3.53. The first kappa shape index (κ1) is 14.7. The van der Waals surface area contributed by atoms with E-state index in [4.69, 9.17) is 11.1 Å². The van der Waals surface area contributed by atoms with Crippen LogP contribution in [-0.4, -0.2) is 20.8 Å². The van der Waals surface area contributed by atoms with Crippen LogP contribution in [0, 0.1) is 25.2 Å². The number of nitrogens with one attached hydrogen (secondary N) is 2. The average molecular weight is 269 g/mol. The molecule has 1 atom stereocenters. The summed E-state index contributed by atoms with van der Waals surface area (Å²) in [6, 6.07) is 4.98. The van der Waals surface area contributed by atoms with Crippen molar-refractivity contribution in [1.29, 1.82) is 5.41 Å². The topological polar surface area (TPSA) is 96.0 Å². The molecule has 1 aromatic rings. The maximum Gasteiger partial charge on any atom is 0.240 e. The number of sulfonamides is 1.